The van der Waals surface area contributed by atoms with Gasteiger partial charge in [0.2, 0.25) is 5.91 Å². The molecule has 2 rings (SSSR count). The van der Waals surface area contributed by atoms with Gasteiger partial charge in [0.15, 0.2) is 5.82 Å². The van der Waals surface area contributed by atoms with Gasteiger partial charge in [-0.05, 0) is 19.8 Å². The maximum atomic E-state index is 11.8. The van der Waals surface area contributed by atoms with Gasteiger partial charge >= 0.3 is 12.0 Å². The number of carbonyl (C=O) groups is 2. The Bertz CT molecular complexity index is 443. The van der Waals surface area contributed by atoms with Crippen molar-refractivity contribution in [1.29, 1.82) is 0 Å². The van der Waals surface area contributed by atoms with E-state index in [0.29, 0.717) is 18.7 Å². The number of amides is 1. The molecule has 0 aromatic carbocycles. The van der Waals surface area contributed by atoms with E-state index in [1.807, 2.05) is 0 Å². The number of aliphatic carboxylic acids is 1. The molecular formula is C10H13N3O4. The van der Waals surface area contributed by atoms with Gasteiger partial charge in [0, 0.05) is 0 Å². The fraction of sp³-hybridized carbons (Fsp3) is 0.600. The van der Waals surface area contributed by atoms with Gasteiger partial charge in [-0.3, -0.25) is 14.9 Å². The zero-order valence-corrected chi connectivity index (χ0v) is 9.34. The molecule has 2 N–H and O–H groups in total. The number of aryl methyl sites for hydroxylation is 1. The first-order valence-corrected chi connectivity index (χ1v) is 5.42. The second-order valence-corrected chi connectivity index (χ2v) is 4.12. The second kappa shape index (κ2) is 4.52. The second-order valence-electron chi connectivity index (χ2n) is 4.12. The van der Waals surface area contributed by atoms with Gasteiger partial charge < -0.3 is 9.63 Å². The monoisotopic (exact) mass is 239 g/mol. The highest BCUT2D eigenvalue weighted by Gasteiger charge is 2.38. The van der Waals surface area contributed by atoms with Gasteiger partial charge in [-0.1, -0.05) is 11.6 Å². The Morgan fingerprint density at radius 3 is 2.71 bits per heavy atom. The molecule has 0 aliphatic heterocycles. The van der Waals surface area contributed by atoms with Crippen LogP contribution in [0.4, 0.5) is 6.01 Å². The molecule has 1 fully saturated rings. The van der Waals surface area contributed by atoms with Crippen LogP contribution in [-0.4, -0.2) is 27.1 Å². The average Bonchev–Trinajstić information content (AvgIpc) is 2.86. The summed E-state index contributed by atoms with van der Waals surface area (Å²) >= 11 is 0. The minimum atomic E-state index is -0.927. The van der Waals surface area contributed by atoms with Gasteiger partial charge in [-0.15, -0.1) is 0 Å². The number of rotatable bonds is 3. The number of nitrogens with zero attached hydrogens (tertiary/aromatic N) is 2. The van der Waals surface area contributed by atoms with E-state index in [4.69, 9.17) is 9.63 Å². The number of aromatic nitrogens is 2. The van der Waals surface area contributed by atoms with Crippen LogP contribution in [0.2, 0.25) is 0 Å². The van der Waals surface area contributed by atoms with Crippen LogP contribution in [0, 0.1) is 18.8 Å². The summed E-state index contributed by atoms with van der Waals surface area (Å²) in [5.74, 6) is -2.00. The van der Waals surface area contributed by atoms with Gasteiger partial charge in [0.25, 0.3) is 0 Å². The summed E-state index contributed by atoms with van der Waals surface area (Å²) in [4.78, 5) is 26.6. The standard InChI is InChI=1S/C10H13N3O4/c1-5-11-10(17-13-5)12-8(14)6-3-2-4-7(6)9(15)16/h6-7H,2-4H2,1H3,(H,15,16)(H,11,12,13,14)/t6-,7+/m1/s1. The first-order chi connectivity index (χ1) is 8.08. The Morgan fingerprint density at radius 1 is 1.41 bits per heavy atom. The molecule has 1 saturated carbocycles. The predicted molar refractivity (Wildman–Crippen MR) is 56.1 cm³/mol. The van der Waals surface area contributed by atoms with Gasteiger partial charge in [-0.25, -0.2) is 0 Å². The fourth-order valence-electron chi connectivity index (χ4n) is 2.12. The highest BCUT2D eigenvalue weighted by Crippen LogP contribution is 2.32. The summed E-state index contributed by atoms with van der Waals surface area (Å²) in [7, 11) is 0. The molecule has 2 atom stereocenters. The number of nitrogens with one attached hydrogen (secondary N) is 1. The van der Waals surface area contributed by atoms with Crippen LogP contribution in [-0.2, 0) is 9.59 Å². The first kappa shape index (κ1) is 11.6. The molecule has 0 unspecified atom stereocenters. The van der Waals surface area contributed by atoms with Crippen LogP contribution in [0.3, 0.4) is 0 Å². The minimum absolute atomic E-state index is 0.0172. The van der Waals surface area contributed by atoms with Crippen molar-refractivity contribution in [2.24, 2.45) is 11.8 Å². The Balaban J connectivity index is 2.02. The molecule has 1 aliphatic carbocycles. The van der Waals surface area contributed by atoms with Crippen LogP contribution in [0.15, 0.2) is 4.52 Å². The molecule has 1 amide bonds. The third-order valence-corrected chi connectivity index (χ3v) is 2.93. The van der Waals surface area contributed by atoms with E-state index >= 15 is 0 Å². The lowest BCUT2D eigenvalue weighted by molar-refractivity contribution is -0.145. The summed E-state index contributed by atoms with van der Waals surface area (Å²) < 4.78 is 4.75. The number of carboxylic acids is 1. The summed E-state index contributed by atoms with van der Waals surface area (Å²) in [6, 6.07) is 0.0172. The van der Waals surface area contributed by atoms with Crippen LogP contribution in [0.5, 0.6) is 0 Å². The van der Waals surface area contributed by atoms with Gasteiger partial charge in [0.1, 0.15) is 0 Å². The SMILES string of the molecule is Cc1noc(NC(=O)[C@@H]2CCC[C@@H]2C(=O)O)n1. The highest BCUT2D eigenvalue weighted by molar-refractivity contribution is 5.93. The van der Waals surface area contributed by atoms with E-state index in [0.717, 1.165) is 6.42 Å². The maximum absolute atomic E-state index is 11.8. The largest absolute Gasteiger partial charge is 0.481 e. The van der Waals surface area contributed by atoms with Crippen molar-refractivity contribution < 1.29 is 19.2 Å². The normalized spacial score (nSPS) is 23.6. The Labute approximate surface area is 97.2 Å². The van der Waals surface area contributed by atoms with Crippen LogP contribution in [0.25, 0.3) is 0 Å². The van der Waals surface area contributed by atoms with Gasteiger partial charge in [-0.2, -0.15) is 4.98 Å². The van der Waals surface area contributed by atoms with Crippen LogP contribution >= 0.6 is 0 Å². The molecule has 1 heterocycles. The topological polar surface area (TPSA) is 105 Å². The lowest BCUT2D eigenvalue weighted by Crippen LogP contribution is -2.30. The molecule has 17 heavy (non-hydrogen) atoms. The molecule has 0 spiro atoms. The number of hydrogen-bond donors (Lipinski definition) is 2. The van der Waals surface area contributed by atoms with E-state index in [1.165, 1.54) is 0 Å². The van der Waals surface area contributed by atoms with E-state index in [9.17, 15) is 9.59 Å². The van der Waals surface area contributed by atoms with E-state index in [2.05, 4.69) is 15.5 Å². The molecule has 1 aliphatic rings. The highest BCUT2D eigenvalue weighted by atomic mass is 16.5. The molecule has 0 bridgehead atoms. The predicted octanol–water partition coefficient (Wildman–Crippen LogP) is 0.817. The Morgan fingerprint density at radius 2 is 2.12 bits per heavy atom. The van der Waals surface area contributed by atoms with E-state index in [1.54, 1.807) is 6.92 Å². The molecule has 7 nitrogen and oxygen atoms in total. The van der Waals surface area contributed by atoms with Crippen molar-refractivity contribution in [3.05, 3.63) is 5.82 Å². The van der Waals surface area contributed by atoms with Gasteiger partial charge in [0.05, 0.1) is 11.8 Å². The number of hydrogen-bond acceptors (Lipinski definition) is 5. The molecule has 1 aromatic heterocycles. The molecule has 0 saturated heterocycles. The molecule has 0 radical (unpaired) electrons. The lowest BCUT2D eigenvalue weighted by Gasteiger charge is -2.13. The smallest absolute Gasteiger partial charge is 0.328 e. The first-order valence-electron chi connectivity index (χ1n) is 5.42. The third-order valence-electron chi connectivity index (χ3n) is 2.93. The van der Waals surface area contributed by atoms with Crippen molar-refractivity contribution in [2.45, 2.75) is 26.2 Å². The maximum Gasteiger partial charge on any atom is 0.328 e. The number of anilines is 1. The average molecular weight is 239 g/mol. The number of carboxylic acid groups (broad SMARTS) is 1. The zero-order valence-electron chi connectivity index (χ0n) is 9.34. The molecule has 1 aromatic rings. The van der Waals surface area contributed by atoms with Crippen molar-refractivity contribution >= 4 is 17.9 Å². The van der Waals surface area contributed by atoms with Crippen molar-refractivity contribution in [1.82, 2.24) is 10.1 Å². The van der Waals surface area contributed by atoms with Crippen LogP contribution < -0.4 is 5.32 Å². The van der Waals surface area contributed by atoms with E-state index < -0.39 is 17.8 Å². The summed E-state index contributed by atoms with van der Waals surface area (Å²) in [6.07, 6.45) is 1.87. The third kappa shape index (κ3) is 2.43. The minimum Gasteiger partial charge on any atom is -0.481 e. The molecule has 7 heteroatoms. The molecular weight excluding hydrogens is 226 g/mol. The summed E-state index contributed by atoms with van der Waals surface area (Å²) in [5.41, 5.74) is 0. The number of carbonyl (C=O) groups excluding carboxylic acids is 1. The van der Waals surface area contributed by atoms with Crippen molar-refractivity contribution in [3.63, 3.8) is 0 Å². The summed E-state index contributed by atoms with van der Waals surface area (Å²) in [5, 5.41) is 15.0. The molecule has 92 valence electrons. The van der Waals surface area contributed by atoms with Crippen molar-refractivity contribution in [3.8, 4) is 0 Å². The Kier molecular flexibility index (Phi) is 3.08. The van der Waals surface area contributed by atoms with Crippen LogP contribution in [0.1, 0.15) is 25.1 Å². The lowest BCUT2D eigenvalue weighted by atomic mass is 9.95. The zero-order chi connectivity index (χ0) is 12.4. The van der Waals surface area contributed by atoms with Crippen molar-refractivity contribution in [2.75, 3.05) is 5.32 Å². The quantitative estimate of drug-likeness (QED) is 0.808. The fourth-order valence-corrected chi connectivity index (χ4v) is 2.12. The van der Waals surface area contributed by atoms with E-state index in [-0.39, 0.29) is 11.9 Å². The summed E-state index contributed by atoms with van der Waals surface area (Å²) in [6.45, 7) is 1.63. The Hall–Kier alpha value is -1.92.